The van der Waals surface area contributed by atoms with Crippen molar-refractivity contribution in [3.63, 3.8) is 0 Å². The van der Waals surface area contributed by atoms with Gasteiger partial charge in [0.15, 0.2) is 12.1 Å². The summed E-state index contributed by atoms with van der Waals surface area (Å²) in [6.45, 7) is 1.33. The Morgan fingerprint density at radius 1 is 1.23 bits per heavy atom. The summed E-state index contributed by atoms with van der Waals surface area (Å²) in [4.78, 5) is 14.1. The monoisotopic (exact) mass is 618 g/mol. The van der Waals surface area contributed by atoms with Gasteiger partial charge in [0.25, 0.3) is 0 Å². The molecule has 0 amide bonds. The van der Waals surface area contributed by atoms with E-state index in [1.54, 1.807) is 6.08 Å². The van der Waals surface area contributed by atoms with Crippen molar-refractivity contribution in [1.82, 2.24) is 10.6 Å². The Bertz CT molecular complexity index is 1010. The molecule has 1 aliphatic carbocycles. The molecule has 0 aromatic rings. The molecule has 16 heteroatoms. The van der Waals surface area contributed by atoms with Gasteiger partial charge in [-0.2, -0.15) is 0 Å². The van der Waals surface area contributed by atoms with Gasteiger partial charge in [-0.3, -0.25) is 4.79 Å². The summed E-state index contributed by atoms with van der Waals surface area (Å²) in [5, 5.41) is 61.3. The van der Waals surface area contributed by atoms with Gasteiger partial charge in [-0.05, 0) is 45.9 Å². The average Bonchev–Trinajstić information content (AvgIpc) is 3.38. The Hall–Kier alpha value is -1.35. The zero-order chi connectivity index (χ0) is 31.8. The highest BCUT2D eigenvalue weighted by Crippen LogP contribution is 2.46. The van der Waals surface area contributed by atoms with Crippen molar-refractivity contribution in [2.75, 3.05) is 39.9 Å². The first-order chi connectivity index (χ1) is 20.2. The quantitative estimate of drug-likeness (QED) is 0.103. The Morgan fingerprint density at radius 3 is 2.56 bits per heavy atom. The molecule has 12 atom stereocenters. The van der Waals surface area contributed by atoms with Crippen LogP contribution in [0.15, 0.2) is 11.8 Å². The van der Waals surface area contributed by atoms with Crippen LogP contribution in [0.4, 0.5) is 0 Å². The standard InChI is InChI=1S/C27H50N6O10/c1-24(38)13-40-23(18(36)20(24)32-2)43-27(6-8-34)21(37)19(42-22-15(29)4-3-14(11-28)41-22)16(30)9-26(27,31)17(35)10-25(39)5-7-33-12-25/h3,15-16,18-23,32-34,36-39H,4-13,28-31H2,1-2H3/t15-,16+,18-,19-,20-,21+,22-,23-,24+,25?,26+,27-/m1/s1. The molecular weight excluding hydrogens is 568 g/mol. The highest BCUT2D eigenvalue weighted by atomic mass is 16.7. The molecule has 3 aliphatic heterocycles. The predicted octanol–water partition coefficient (Wildman–Crippen LogP) is -5.05. The third-order valence-corrected chi connectivity index (χ3v) is 9.41. The summed E-state index contributed by atoms with van der Waals surface area (Å²) in [6.07, 6.45) is -5.81. The molecule has 1 saturated carbocycles. The molecule has 3 fully saturated rings. The number of carbonyl (C=O) groups excluding carboxylic acids is 1. The number of ketones is 1. The van der Waals surface area contributed by atoms with Crippen LogP contribution in [0.3, 0.4) is 0 Å². The Balaban J connectivity index is 1.74. The van der Waals surface area contributed by atoms with Crippen LogP contribution in [0.5, 0.6) is 0 Å². The fourth-order valence-corrected chi connectivity index (χ4v) is 6.89. The second-order valence-corrected chi connectivity index (χ2v) is 12.7. The maximum absolute atomic E-state index is 14.1. The first-order valence-corrected chi connectivity index (χ1v) is 14.8. The van der Waals surface area contributed by atoms with Crippen LogP contribution in [-0.2, 0) is 23.7 Å². The van der Waals surface area contributed by atoms with Crippen molar-refractivity contribution in [3.8, 4) is 0 Å². The van der Waals surface area contributed by atoms with Crippen molar-refractivity contribution in [2.24, 2.45) is 22.9 Å². The molecule has 4 aliphatic rings. The number of Topliss-reactive ketones (excluding diaryl/α,β-unsaturated/α-hetero) is 1. The Kier molecular flexibility index (Phi) is 10.6. The van der Waals surface area contributed by atoms with E-state index in [2.05, 4.69) is 10.6 Å². The summed E-state index contributed by atoms with van der Waals surface area (Å²) in [5.41, 5.74) is 18.3. The van der Waals surface area contributed by atoms with Crippen LogP contribution in [0.2, 0.25) is 0 Å². The lowest BCUT2D eigenvalue weighted by Crippen LogP contribution is -2.81. The molecule has 0 bridgehead atoms. The zero-order valence-corrected chi connectivity index (χ0v) is 24.9. The molecule has 43 heavy (non-hydrogen) atoms. The maximum Gasteiger partial charge on any atom is 0.215 e. The molecule has 1 unspecified atom stereocenters. The van der Waals surface area contributed by atoms with E-state index in [0.717, 1.165) is 0 Å². The second kappa shape index (κ2) is 13.2. The summed E-state index contributed by atoms with van der Waals surface area (Å²) in [5.74, 6) is -0.226. The van der Waals surface area contributed by atoms with E-state index in [9.17, 15) is 30.3 Å². The maximum atomic E-state index is 14.1. The average molecular weight is 619 g/mol. The van der Waals surface area contributed by atoms with Gasteiger partial charge in [-0.25, -0.2) is 0 Å². The van der Waals surface area contributed by atoms with Gasteiger partial charge in [0, 0.05) is 32.0 Å². The molecule has 0 aromatic heterocycles. The van der Waals surface area contributed by atoms with Crippen molar-refractivity contribution in [1.29, 1.82) is 0 Å². The lowest BCUT2D eigenvalue weighted by molar-refractivity contribution is -0.342. The highest BCUT2D eigenvalue weighted by Gasteiger charge is 2.67. The van der Waals surface area contributed by atoms with E-state index >= 15 is 0 Å². The molecule has 15 N–H and O–H groups in total. The normalized spacial score (nSPS) is 47.2. The number of aliphatic hydroxyl groups is 5. The number of likely N-dealkylation sites (N-methyl/N-ethyl adjacent to an activating group) is 1. The third kappa shape index (κ3) is 6.50. The van der Waals surface area contributed by atoms with Crippen molar-refractivity contribution < 1.29 is 49.3 Å². The van der Waals surface area contributed by atoms with E-state index < -0.39 is 90.2 Å². The lowest BCUT2D eigenvalue weighted by Gasteiger charge is -2.58. The fourth-order valence-electron chi connectivity index (χ4n) is 6.89. The van der Waals surface area contributed by atoms with Gasteiger partial charge in [0.05, 0.1) is 30.8 Å². The topological polar surface area (TPSA) is 283 Å². The number of carbonyl (C=O) groups is 1. The van der Waals surface area contributed by atoms with E-state index in [-0.39, 0.29) is 32.5 Å². The minimum atomic E-state index is -2.15. The molecular formula is C27H50N6O10. The first-order valence-electron chi connectivity index (χ1n) is 14.8. The molecule has 248 valence electrons. The van der Waals surface area contributed by atoms with Crippen LogP contribution in [-0.4, -0.2) is 143 Å². The number of rotatable bonds is 11. The Labute approximate surface area is 251 Å². The molecule has 3 heterocycles. The molecule has 0 radical (unpaired) electrons. The summed E-state index contributed by atoms with van der Waals surface area (Å²) in [7, 11) is 1.54. The van der Waals surface area contributed by atoms with Gasteiger partial charge >= 0.3 is 0 Å². The summed E-state index contributed by atoms with van der Waals surface area (Å²) < 4.78 is 24.0. The summed E-state index contributed by atoms with van der Waals surface area (Å²) in [6, 6.07) is -2.63. The van der Waals surface area contributed by atoms with Gasteiger partial charge in [0.1, 0.15) is 40.8 Å². The van der Waals surface area contributed by atoms with Gasteiger partial charge in [-0.1, -0.05) is 0 Å². The highest BCUT2D eigenvalue weighted by molar-refractivity contribution is 5.91. The molecule has 16 nitrogen and oxygen atoms in total. The van der Waals surface area contributed by atoms with Crippen LogP contribution in [0.25, 0.3) is 0 Å². The minimum Gasteiger partial charge on any atom is -0.467 e. The third-order valence-electron chi connectivity index (χ3n) is 9.41. The molecule has 4 rings (SSSR count). The van der Waals surface area contributed by atoms with E-state index in [4.69, 9.17) is 41.9 Å². The van der Waals surface area contributed by atoms with Gasteiger partial charge in [0.2, 0.25) is 6.29 Å². The van der Waals surface area contributed by atoms with Crippen LogP contribution in [0.1, 0.15) is 39.0 Å². The van der Waals surface area contributed by atoms with Crippen LogP contribution < -0.4 is 33.6 Å². The fraction of sp³-hybridized carbons (Fsp3) is 0.889. The molecule has 0 spiro atoms. The molecule has 0 aromatic carbocycles. The predicted molar refractivity (Wildman–Crippen MR) is 152 cm³/mol. The van der Waals surface area contributed by atoms with Crippen molar-refractivity contribution >= 4 is 5.78 Å². The molecule has 2 saturated heterocycles. The van der Waals surface area contributed by atoms with E-state index in [1.165, 1.54) is 14.0 Å². The van der Waals surface area contributed by atoms with Crippen molar-refractivity contribution in [3.05, 3.63) is 11.8 Å². The van der Waals surface area contributed by atoms with Crippen LogP contribution >= 0.6 is 0 Å². The SMILES string of the molecule is CN[C@@H]1[C@@H](O)[C@@H](O[C@]2(CCO)[C@@H](O)[C@H](O[C@H]3OC(CN)=CC[C@H]3N)[C@@H](N)C[C@]2(N)C(=O)CC2(O)CCNC2)OC[C@]1(C)O. The van der Waals surface area contributed by atoms with Crippen LogP contribution in [0, 0.1) is 0 Å². The first kappa shape index (κ1) is 34.5. The van der Waals surface area contributed by atoms with E-state index in [1.807, 2.05) is 0 Å². The zero-order valence-electron chi connectivity index (χ0n) is 24.9. The summed E-state index contributed by atoms with van der Waals surface area (Å²) >= 11 is 0. The van der Waals surface area contributed by atoms with E-state index in [0.29, 0.717) is 25.1 Å². The van der Waals surface area contributed by atoms with Gasteiger partial charge < -0.3 is 78.0 Å². The van der Waals surface area contributed by atoms with Crippen molar-refractivity contribution in [2.45, 2.75) is 110 Å². The number of nitrogens with two attached hydrogens (primary N) is 4. The van der Waals surface area contributed by atoms with Gasteiger partial charge in [-0.15, -0.1) is 0 Å². The minimum absolute atomic E-state index is 0.0922. The number of hydrogen-bond donors (Lipinski definition) is 11. The Morgan fingerprint density at radius 2 is 1.95 bits per heavy atom. The smallest absolute Gasteiger partial charge is 0.215 e. The number of hydrogen-bond acceptors (Lipinski definition) is 16. The lowest BCUT2D eigenvalue weighted by atomic mass is 9.60. The second-order valence-electron chi connectivity index (χ2n) is 12.7. The number of nitrogens with one attached hydrogen (secondary N) is 2. The number of β-amino-alcohol motifs (C(OH)–C–C–N with tert-alkyl or cyclic N) is 1. The largest absolute Gasteiger partial charge is 0.467 e. The number of ether oxygens (including phenoxy) is 4. The number of aliphatic hydroxyl groups excluding tert-OH is 3.